The van der Waals surface area contributed by atoms with Crippen LogP contribution >= 0.6 is 8.03 Å². The summed E-state index contributed by atoms with van der Waals surface area (Å²) in [5, 5.41) is 17.1. The van der Waals surface area contributed by atoms with Gasteiger partial charge in [0, 0.05) is 11.1 Å². The predicted octanol–water partition coefficient (Wildman–Crippen LogP) is 4.84. The molecule has 182 valence electrons. The van der Waals surface area contributed by atoms with Crippen molar-refractivity contribution in [2.24, 2.45) is 0 Å². The lowest BCUT2D eigenvalue weighted by Crippen LogP contribution is -2.43. The molecular formula is C26H24F2NO5P. The zero-order valence-electron chi connectivity index (χ0n) is 19.2. The molecule has 0 aliphatic carbocycles. The highest BCUT2D eigenvalue weighted by atomic mass is 31.1. The number of aromatic nitrogens is 1. The maximum atomic E-state index is 16.0. The molecule has 0 fully saturated rings. The Hall–Kier alpha value is -3.37. The average molecular weight is 499 g/mol. The Morgan fingerprint density at radius 1 is 1.03 bits per heavy atom. The minimum Gasteiger partial charge on any atom is -0.480 e. The van der Waals surface area contributed by atoms with Crippen molar-refractivity contribution in [2.45, 2.75) is 37.9 Å². The third-order valence-corrected chi connectivity index (χ3v) is 7.01. The van der Waals surface area contributed by atoms with E-state index in [2.05, 4.69) is 16.8 Å². The highest BCUT2D eigenvalue weighted by Crippen LogP contribution is 2.40. The Labute approximate surface area is 202 Å². The summed E-state index contributed by atoms with van der Waals surface area (Å²) in [6.45, 7) is 4.61. The summed E-state index contributed by atoms with van der Waals surface area (Å²) in [5.74, 6) is 1.40. The Morgan fingerprint density at radius 3 is 2.11 bits per heavy atom. The van der Waals surface area contributed by atoms with E-state index in [0.717, 1.165) is 19.1 Å². The molecule has 0 aliphatic heterocycles. The summed E-state index contributed by atoms with van der Waals surface area (Å²) in [4.78, 5) is 26.2. The van der Waals surface area contributed by atoms with E-state index in [-0.39, 0.29) is 28.3 Å². The first kappa shape index (κ1) is 26.2. The van der Waals surface area contributed by atoms with E-state index in [1.54, 1.807) is 44.2 Å². The standard InChI is InChI=1S/C26H24F2NO5P/c1-15(2)23-20(13-14-26(16(3)30,25(31)32)35(33)34)21(17-9-11-19(27)12-10-17)22(28)24(29-23)18-7-5-4-6-8-18/h4-12,15-16,30,35H,1-3H3,(H,31,32)(H,33,34). The molecule has 3 atom stereocenters. The van der Waals surface area contributed by atoms with Gasteiger partial charge in [-0.1, -0.05) is 68.2 Å². The van der Waals surface area contributed by atoms with Crippen LogP contribution in [0.15, 0.2) is 54.6 Å². The van der Waals surface area contributed by atoms with Crippen LogP contribution in [-0.4, -0.2) is 37.3 Å². The van der Waals surface area contributed by atoms with Crippen molar-refractivity contribution < 1.29 is 33.2 Å². The van der Waals surface area contributed by atoms with Gasteiger partial charge in [-0.3, -0.25) is 4.57 Å². The molecule has 3 aromatic rings. The average Bonchev–Trinajstić information content (AvgIpc) is 2.80. The van der Waals surface area contributed by atoms with E-state index in [1.165, 1.54) is 12.1 Å². The molecule has 3 unspecified atom stereocenters. The number of aliphatic hydroxyl groups excluding tert-OH is 1. The molecule has 3 rings (SSSR count). The summed E-state index contributed by atoms with van der Waals surface area (Å²) in [6.07, 6.45) is -1.80. The van der Waals surface area contributed by atoms with Crippen LogP contribution in [0.25, 0.3) is 22.4 Å². The SMILES string of the molecule is CC(C)c1nc(-c2ccccc2)c(F)c(-c2ccc(F)cc2)c1C#CC(C(=O)O)(C(C)O)[PH](=O)O. The highest BCUT2D eigenvalue weighted by molar-refractivity contribution is 7.42. The van der Waals surface area contributed by atoms with Gasteiger partial charge in [0.1, 0.15) is 11.5 Å². The lowest BCUT2D eigenvalue weighted by Gasteiger charge is -2.23. The van der Waals surface area contributed by atoms with Crippen LogP contribution in [0.3, 0.4) is 0 Å². The number of carbonyl (C=O) groups is 1. The fraction of sp³-hybridized carbons (Fsp3) is 0.231. The second-order valence-corrected chi connectivity index (χ2v) is 9.68. The molecule has 0 saturated carbocycles. The Morgan fingerprint density at radius 2 is 1.63 bits per heavy atom. The molecule has 0 amide bonds. The number of benzene rings is 2. The number of halogens is 2. The van der Waals surface area contributed by atoms with Gasteiger partial charge in [-0.2, -0.15) is 0 Å². The lowest BCUT2D eigenvalue weighted by atomic mass is 9.91. The zero-order valence-corrected chi connectivity index (χ0v) is 20.2. The van der Waals surface area contributed by atoms with Crippen LogP contribution in [0, 0.1) is 23.5 Å². The summed E-state index contributed by atoms with van der Waals surface area (Å²) in [5.41, 5.74) is 0.994. The number of rotatable bonds is 6. The van der Waals surface area contributed by atoms with E-state index in [1.807, 2.05) is 0 Å². The van der Waals surface area contributed by atoms with Crippen LogP contribution < -0.4 is 0 Å². The van der Waals surface area contributed by atoms with Gasteiger partial charge in [0.05, 0.1) is 17.4 Å². The van der Waals surface area contributed by atoms with Crippen molar-refractivity contribution in [3.8, 4) is 34.2 Å². The van der Waals surface area contributed by atoms with Crippen LogP contribution in [-0.2, 0) is 9.36 Å². The van der Waals surface area contributed by atoms with Gasteiger partial charge in [0.2, 0.25) is 13.2 Å². The predicted molar refractivity (Wildman–Crippen MR) is 129 cm³/mol. The maximum absolute atomic E-state index is 16.0. The van der Waals surface area contributed by atoms with Gasteiger partial charge in [0.25, 0.3) is 0 Å². The molecule has 0 aliphatic rings. The largest absolute Gasteiger partial charge is 0.480 e. The number of hydrogen-bond donors (Lipinski definition) is 3. The van der Waals surface area contributed by atoms with Crippen molar-refractivity contribution in [1.29, 1.82) is 0 Å². The number of carboxylic acids is 1. The molecular weight excluding hydrogens is 475 g/mol. The van der Waals surface area contributed by atoms with E-state index in [4.69, 9.17) is 0 Å². The maximum Gasteiger partial charge on any atom is 0.334 e. The van der Waals surface area contributed by atoms with E-state index < -0.39 is 36.9 Å². The molecule has 3 N–H and O–H groups in total. The lowest BCUT2D eigenvalue weighted by molar-refractivity contribution is -0.141. The summed E-state index contributed by atoms with van der Waals surface area (Å²) >= 11 is 0. The van der Waals surface area contributed by atoms with Crippen molar-refractivity contribution >= 4 is 14.0 Å². The first-order chi connectivity index (χ1) is 16.5. The molecule has 2 aromatic carbocycles. The second kappa shape index (κ2) is 10.5. The normalized spacial score (nSPS) is 14.5. The van der Waals surface area contributed by atoms with Gasteiger partial charge in [0.15, 0.2) is 5.82 Å². The number of hydrogen-bond acceptors (Lipinski definition) is 4. The first-order valence-corrected chi connectivity index (χ1v) is 12.1. The number of aliphatic carboxylic acids is 1. The minimum absolute atomic E-state index is 0.0154. The van der Waals surface area contributed by atoms with Crippen molar-refractivity contribution in [3.05, 3.63) is 77.5 Å². The van der Waals surface area contributed by atoms with Gasteiger partial charge in [-0.15, -0.1) is 0 Å². The topological polar surface area (TPSA) is 108 Å². The smallest absolute Gasteiger partial charge is 0.334 e. The van der Waals surface area contributed by atoms with Crippen LogP contribution in [0.5, 0.6) is 0 Å². The number of aliphatic hydroxyl groups is 1. The molecule has 0 radical (unpaired) electrons. The second-order valence-electron chi connectivity index (χ2n) is 8.28. The molecule has 1 heterocycles. The molecule has 6 nitrogen and oxygen atoms in total. The van der Waals surface area contributed by atoms with Gasteiger partial charge in [-0.05, 0) is 30.5 Å². The molecule has 1 aromatic heterocycles. The molecule has 0 saturated heterocycles. The van der Waals surface area contributed by atoms with E-state index in [0.29, 0.717) is 11.3 Å². The van der Waals surface area contributed by atoms with Crippen molar-refractivity contribution in [1.82, 2.24) is 4.98 Å². The Bertz CT molecular complexity index is 1320. The Balaban J connectivity index is 2.46. The zero-order chi connectivity index (χ0) is 25.9. The fourth-order valence-corrected chi connectivity index (χ4v) is 4.33. The number of pyridine rings is 1. The van der Waals surface area contributed by atoms with E-state index in [9.17, 15) is 28.9 Å². The number of carboxylic acid groups (broad SMARTS) is 1. The Kier molecular flexibility index (Phi) is 7.86. The van der Waals surface area contributed by atoms with Gasteiger partial charge < -0.3 is 15.1 Å². The first-order valence-electron chi connectivity index (χ1n) is 10.7. The van der Waals surface area contributed by atoms with Crippen LogP contribution in [0.4, 0.5) is 8.78 Å². The van der Waals surface area contributed by atoms with Crippen molar-refractivity contribution in [2.75, 3.05) is 0 Å². The van der Waals surface area contributed by atoms with Crippen LogP contribution in [0.1, 0.15) is 37.9 Å². The van der Waals surface area contributed by atoms with Crippen LogP contribution in [0.2, 0.25) is 0 Å². The fourth-order valence-electron chi connectivity index (χ4n) is 3.62. The van der Waals surface area contributed by atoms with Crippen molar-refractivity contribution in [3.63, 3.8) is 0 Å². The molecule has 35 heavy (non-hydrogen) atoms. The van der Waals surface area contributed by atoms with Gasteiger partial charge in [-0.25, -0.2) is 18.6 Å². The summed E-state index contributed by atoms with van der Waals surface area (Å²) in [6, 6.07) is 13.6. The third-order valence-electron chi connectivity index (χ3n) is 5.58. The number of nitrogens with zero attached hydrogens (tertiary/aromatic N) is 1. The molecule has 0 spiro atoms. The third kappa shape index (κ3) is 5.03. The summed E-state index contributed by atoms with van der Waals surface area (Å²) < 4.78 is 41.7. The van der Waals surface area contributed by atoms with E-state index >= 15 is 4.39 Å². The minimum atomic E-state index is -3.91. The monoisotopic (exact) mass is 499 g/mol. The summed E-state index contributed by atoms with van der Waals surface area (Å²) in [7, 11) is -3.91. The highest BCUT2D eigenvalue weighted by Gasteiger charge is 2.48. The molecule has 0 bridgehead atoms. The van der Waals surface area contributed by atoms with Gasteiger partial charge >= 0.3 is 5.97 Å². The quantitative estimate of drug-likeness (QED) is 0.331. The molecule has 9 heteroatoms.